The second-order valence-corrected chi connectivity index (χ2v) is 6.61. The van der Waals surface area contributed by atoms with E-state index in [0.717, 1.165) is 25.0 Å². The summed E-state index contributed by atoms with van der Waals surface area (Å²) in [6, 6.07) is 8.94. The van der Waals surface area contributed by atoms with Crippen molar-refractivity contribution >= 4 is 22.7 Å². The van der Waals surface area contributed by atoms with E-state index in [1.165, 1.54) is 10.3 Å². The predicted octanol–water partition coefficient (Wildman–Crippen LogP) is 2.89. The van der Waals surface area contributed by atoms with Crippen LogP contribution in [-0.2, 0) is 0 Å². The fourth-order valence-corrected chi connectivity index (χ4v) is 3.87. The molecule has 5 heteroatoms. The van der Waals surface area contributed by atoms with Crippen LogP contribution in [0.25, 0.3) is 10.8 Å². The highest BCUT2D eigenvalue weighted by atomic mass is 32.2. The predicted molar refractivity (Wildman–Crippen MR) is 87.8 cm³/mol. The summed E-state index contributed by atoms with van der Waals surface area (Å²) in [5, 5.41) is 2.28. The highest BCUT2D eigenvalue weighted by molar-refractivity contribution is 7.97. The number of likely N-dealkylation sites (N-methyl/N-ethyl adjacent to an activating group) is 1. The number of piperazine rings is 1. The number of hydrogen-bond donors (Lipinski definition) is 0. The van der Waals surface area contributed by atoms with E-state index in [1.807, 2.05) is 18.1 Å². The summed E-state index contributed by atoms with van der Waals surface area (Å²) in [5.74, 6) is 0.696. The summed E-state index contributed by atoms with van der Waals surface area (Å²) in [6.07, 6.45) is 1.82. The quantitative estimate of drug-likeness (QED) is 0.813. The molecule has 1 unspecified atom stereocenters. The van der Waals surface area contributed by atoms with Gasteiger partial charge in [-0.2, -0.15) is 0 Å². The molecule has 0 saturated carbocycles. The Morgan fingerprint density at radius 1 is 1.24 bits per heavy atom. The second-order valence-electron chi connectivity index (χ2n) is 5.51. The van der Waals surface area contributed by atoms with E-state index in [4.69, 9.17) is 4.74 Å². The summed E-state index contributed by atoms with van der Waals surface area (Å²) >= 11 is 1.85. The van der Waals surface area contributed by atoms with E-state index >= 15 is 0 Å². The monoisotopic (exact) mass is 303 g/mol. The van der Waals surface area contributed by atoms with Crippen LogP contribution in [0.3, 0.4) is 0 Å². The lowest BCUT2D eigenvalue weighted by Crippen LogP contribution is -2.47. The number of fused-ring (bicyclic) bond motifs is 1. The molecule has 21 heavy (non-hydrogen) atoms. The van der Waals surface area contributed by atoms with Crippen LogP contribution >= 0.6 is 11.9 Å². The van der Waals surface area contributed by atoms with Crippen molar-refractivity contribution < 1.29 is 4.74 Å². The minimum atomic E-state index is 0.549. The van der Waals surface area contributed by atoms with Gasteiger partial charge in [0.1, 0.15) is 0 Å². The fraction of sp³-hybridized carbons (Fsp3) is 0.438. The highest BCUT2D eigenvalue weighted by Crippen LogP contribution is 2.34. The van der Waals surface area contributed by atoms with Crippen molar-refractivity contribution in [2.24, 2.45) is 0 Å². The highest BCUT2D eigenvalue weighted by Gasteiger charge is 2.23. The third-order valence-corrected chi connectivity index (χ3v) is 5.24. The van der Waals surface area contributed by atoms with Gasteiger partial charge in [0, 0.05) is 47.5 Å². The Kier molecular flexibility index (Phi) is 4.33. The molecule has 1 aromatic heterocycles. The largest absolute Gasteiger partial charge is 0.481 e. The molecule has 0 amide bonds. The molecule has 2 heterocycles. The number of benzene rings is 1. The molecule has 1 atom stereocenters. The third kappa shape index (κ3) is 3.00. The van der Waals surface area contributed by atoms with Gasteiger partial charge < -0.3 is 9.64 Å². The van der Waals surface area contributed by atoms with E-state index < -0.39 is 0 Å². The van der Waals surface area contributed by atoms with E-state index in [9.17, 15) is 0 Å². The molecule has 0 aliphatic carbocycles. The molecule has 1 aliphatic heterocycles. The van der Waals surface area contributed by atoms with Crippen molar-refractivity contribution in [1.82, 2.24) is 14.2 Å². The van der Waals surface area contributed by atoms with Crippen molar-refractivity contribution in [1.29, 1.82) is 0 Å². The summed E-state index contributed by atoms with van der Waals surface area (Å²) in [5.41, 5.74) is 0. The van der Waals surface area contributed by atoms with Crippen molar-refractivity contribution in [2.75, 3.05) is 33.8 Å². The molecule has 1 fully saturated rings. The first-order valence-corrected chi connectivity index (χ1v) is 8.01. The number of nitrogens with zero attached hydrogens (tertiary/aromatic N) is 3. The van der Waals surface area contributed by atoms with E-state index in [0.29, 0.717) is 11.9 Å². The molecular weight excluding hydrogens is 282 g/mol. The number of methoxy groups -OCH3 is 1. The van der Waals surface area contributed by atoms with Crippen LogP contribution in [0.2, 0.25) is 0 Å². The van der Waals surface area contributed by atoms with Gasteiger partial charge in [-0.3, -0.25) is 0 Å². The molecule has 0 N–H and O–H groups in total. The Morgan fingerprint density at radius 3 is 2.86 bits per heavy atom. The number of rotatable bonds is 3. The third-order valence-electron chi connectivity index (χ3n) is 3.91. The van der Waals surface area contributed by atoms with Gasteiger partial charge in [-0.1, -0.05) is 6.07 Å². The van der Waals surface area contributed by atoms with Gasteiger partial charge in [0.2, 0.25) is 5.88 Å². The molecular formula is C16H21N3OS. The molecule has 0 radical (unpaired) electrons. The van der Waals surface area contributed by atoms with Crippen LogP contribution in [0, 0.1) is 0 Å². The van der Waals surface area contributed by atoms with E-state index in [2.05, 4.69) is 52.4 Å². The minimum absolute atomic E-state index is 0.549. The zero-order valence-corrected chi connectivity index (χ0v) is 13.6. The molecule has 0 bridgehead atoms. The maximum Gasteiger partial charge on any atom is 0.221 e. The molecule has 4 nitrogen and oxygen atoms in total. The van der Waals surface area contributed by atoms with Crippen molar-refractivity contribution in [3.8, 4) is 5.88 Å². The Hall–Kier alpha value is -1.30. The van der Waals surface area contributed by atoms with Gasteiger partial charge in [0.25, 0.3) is 0 Å². The molecule has 0 spiro atoms. The maximum absolute atomic E-state index is 5.37. The van der Waals surface area contributed by atoms with Gasteiger partial charge in [-0.25, -0.2) is 9.29 Å². The lowest BCUT2D eigenvalue weighted by atomic mass is 10.2. The molecule has 3 rings (SSSR count). The SMILES string of the molecule is COc1nccc2c(SN3CCN(C)CC3C)cccc12. The van der Waals surface area contributed by atoms with Crippen LogP contribution in [-0.4, -0.2) is 54.0 Å². The second kappa shape index (κ2) is 6.22. The van der Waals surface area contributed by atoms with Crippen LogP contribution < -0.4 is 4.74 Å². The van der Waals surface area contributed by atoms with E-state index in [-0.39, 0.29) is 0 Å². The smallest absolute Gasteiger partial charge is 0.221 e. The number of ether oxygens (including phenoxy) is 1. The maximum atomic E-state index is 5.37. The fourth-order valence-electron chi connectivity index (χ4n) is 2.78. The van der Waals surface area contributed by atoms with Crippen LogP contribution in [0.5, 0.6) is 5.88 Å². The number of aromatic nitrogens is 1. The summed E-state index contributed by atoms with van der Waals surface area (Å²) in [7, 11) is 3.86. The van der Waals surface area contributed by atoms with Crippen LogP contribution in [0.15, 0.2) is 35.4 Å². The standard InChI is InChI=1S/C16H21N3OS/c1-12-11-18(2)9-10-19(12)21-15-6-4-5-14-13(15)7-8-17-16(14)20-3/h4-8,12H,9-11H2,1-3H3. The lowest BCUT2D eigenvalue weighted by molar-refractivity contribution is 0.181. The van der Waals surface area contributed by atoms with Crippen LogP contribution in [0.4, 0.5) is 0 Å². The Morgan fingerprint density at radius 2 is 2.10 bits per heavy atom. The molecule has 1 saturated heterocycles. The van der Waals surface area contributed by atoms with Crippen LogP contribution in [0.1, 0.15) is 6.92 Å². The Balaban J connectivity index is 1.91. The van der Waals surface area contributed by atoms with Gasteiger partial charge >= 0.3 is 0 Å². The van der Waals surface area contributed by atoms with E-state index in [1.54, 1.807) is 7.11 Å². The molecule has 112 valence electrons. The topological polar surface area (TPSA) is 28.6 Å². The normalized spacial score (nSPS) is 20.8. The van der Waals surface area contributed by atoms with Crippen molar-refractivity contribution in [3.63, 3.8) is 0 Å². The van der Waals surface area contributed by atoms with Gasteiger partial charge in [0.05, 0.1) is 7.11 Å². The first-order valence-electron chi connectivity index (χ1n) is 7.24. The summed E-state index contributed by atoms with van der Waals surface area (Å²) < 4.78 is 7.84. The average Bonchev–Trinajstić information content (AvgIpc) is 2.49. The molecule has 1 aliphatic rings. The first-order chi connectivity index (χ1) is 10.2. The Labute approximate surface area is 130 Å². The summed E-state index contributed by atoms with van der Waals surface area (Å²) in [4.78, 5) is 7.94. The zero-order valence-electron chi connectivity index (χ0n) is 12.7. The van der Waals surface area contributed by atoms with Crippen molar-refractivity contribution in [2.45, 2.75) is 17.9 Å². The summed E-state index contributed by atoms with van der Waals surface area (Å²) in [6.45, 7) is 5.60. The van der Waals surface area contributed by atoms with Gasteiger partial charge in [0.15, 0.2) is 0 Å². The van der Waals surface area contributed by atoms with Crippen molar-refractivity contribution in [3.05, 3.63) is 30.5 Å². The first kappa shape index (κ1) is 14.6. The number of pyridine rings is 1. The van der Waals surface area contributed by atoms with Gasteiger partial charge in [-0.05, 0) is 44.1 Å². The molecule has 2 aromatic rings. The lowest BCUT2D eigenvalue weighted by Gasteiger charge is -2.37. The number of hydrogen-bond acceptors (Lipinski definition) is 5. The average molecular weight is 303 g/mol. The van der Waals surface area contributed by atoms with Gasteiger partial charge in [-0.15, -0.1) is 0 Å². The zero-order chi connectivity index (χ0) is 14.8. The molecule has 1 aromatic carbocycles. The minimum Gasteiger partial charge on any atom is -0.481 e. The Bertz CT molecular complexity index is 634.